The van der Waals surface area contributed by atoms with Crippen LogP contribution in [0, 0.1) is 0 Å². The van der Waals surface area contributed by atoms with Crippen LogP contribution < -0.4 is 17.0 Å². The van der Waals surface area contributed by atoms with Crippen molar-refractivity contribution in [1.82, 2.24) is 15.3 Å². The van der Waals surface area contributed by atoms with Crippen LogP contribution in [0.1, 0.15) is 6.23 Å². The summed E-state index contributed by atoms with van der Waals surface area (Å²) in [6.07, 6.45) is -1.91. The molecule has 0 saturated carbocycles. The van der Waals surface area contributed by atoms with Gasteiger partial charge in [-0.05, 0) is 0 Å². The smallest absolute Gasteiger partial charge is 0.330 e. The molecular formula is C9H12N3O5. The average molecular weight is 242 g/mol. The largest absolute Gasteiger partial charge is 0.394 e. The van der Waals surface area contributed by atoms with Crippen molar-refractivity contribution >= 4 is 0 Å². The fourth-order valence-electron chi connectivity index (χ4n) is 1.76. The number of aliphatic hydroxyl groups excluding tert-OH is 2. The van der Waals surface area contributed by atoms with Crippen molar-refractivity contribution in [2.24, 2.45) is 0 Å². The minimum Gasteiger partial charge on any atom is -0.394 e. The maximum absolute atomic E-state index is 11.5. The second kappa shape index (κ2) is 4.41. The topological polar surface area (TPSA) is 128 Å². The van der Waals surface area contributed by atoms with E-state index in [0.29, 0.717) is 0 Å². The van der Waals surface area contributed by atoms with Crippen LogP contribution in [0.3, 0.4) is 0 Å². The number of hydrogen-bond donors (Lipinski definition) is 3. The fourth-order valence-corrected chi connectivity index (χ4v) is 1.76. The van der Waals surface area contributed by atoms with E-state index in [4.69, 9.17) is 15.6 Å². The molecule has 1 fully saturated rings. The Labute approximate surface area is 95.3 Å². The lowest BCUT2D eigenvalue weighted by Gasteiger charge is -2.16. The van der Waals surface area contributed by atoms with Crippen LogP contribution in [-0.2, 0) is 4.74 Å². The molecule has 93 valence electrons. The van der Waals surface area contributed by atoms with E-state index in [0.717, 1.165) is 10.6 Å². The Bertz CT molecular complexity index is 510. The van der Waals surface area contributed by atoms with Gasteiger partial charge in [-0.25, -0.2) is 10.5 Å². The standard InChI is InChI=1S/C9H12N3O5/c10-6-7(15)4(3-13)17-8(6)12-2-1-5(14)11-9(12)16/h1-2,4,6-8,10,13,15H,3H2,(H,11,14,16)/t4-,6+,7-,8-/m1/s1. The first-order chi connectivity index (χ1) is 8.04. The lowest BCUT2D eigenvalue weighted by molar-refractivity contribution is -0.0465. The highest BCUT2D eigenvalue weighted by atomic mass is 16.5. The van der Waals surface area contributed by atoms with Crippen LogP contribution in [0.15, 0.2) is 21.9 Å². The quantitative estimate of drug-likeness (QED) is 0.525. The van der Waals surface area contributed by atoms with E-state index in [1.54, 1.807) is 0 Å². The molecule has 4 atom stereocenters. The van der Waals surface area contributed by atoms with Gasteiger partial charge in [-0.15, -0.1) is 0 Å². The molecular weight excluding hydrogens is 230 g/mol. The van der Waals surface area contributed by atoms with Gasteiger partial charge in [0, 0.05) is 12.3 Å². The summed E-state index contributed by atoms with van der Waals surface area (Å²) in [6.45, 7) is -0.439. The number of hydrogen-bond acceptors (Lipinski definition) is 5. The summed E-state index contributed by atoms with van der Waals surface area (Å²) in [4.78, 5) is 24.4. The number of aromatic amines is 1. The van der Waals surface area contributed by atoms with E-state index in [1.807, 2.05) is 4.98 Å². The number of nitrogens with zero attached hydrogens (tertiary/aromatic N) is 1. The fraction of sp³-hybridized carbons (Fsp3) is 0.556. The molecule has 0 unspecified atom stereocenters. The zero-order valence-electron chi connectivity index (χ0n) is 8.74. The van der Waals surface area contributed by atoms with Gasteiger partial charge in [-0.3, -0.25) is 14.3 Å². The van der Waals surface area contributed by atoms with E-state index in [-0.39, 0.29) is 0 Å². The van der Waals surface area contributed by atoms with Crippen molar-refractivity contribution in [3.05, 3.63) is 33.1 Å². The molecule has 1 saturated heterocycles. The normalized spacial score (nSPS) is 32.9. The molecule has 1 radical (unpaired) electrons. The minimum atomic E-state index is -1.18. The highest BCUT2D eigenvalue weighted by Crippen LogP contribution is 2.27. The van der Waals surface area contributed by atoms with Crippen molar-refractivity contribution in [1.29, 1.82) is 0 Å². The molecule has 1 aromatic rings. The van der Waals surface area contributed by atoms with Gasteiger partial charge in [0.05, 0.1) is 12.6 Å². The second-order valence-electron chi connectivity index (χ2n) is 3.78. The predicted octanol–water partition coefficient (Wildman–Crippen LogP) is -2.56. The molecule has 0 amide bonds. The van der Waals surface area contributed by atoms with Gasteiger partial charge in [0.1, 0.15) is 12.2 Å². The Balaban J connectivity index is 2.35. The first-order valence-electron chi connectivity index (χ1n) is 5.01. The summed E-state index contributed by atoms with van der Waals surface area (Å²) in [7, 11) is 0. The van der Waals surface area contributed by atoms with Crippen molar-refractivity contribution in [3.8, 4) is 0 Å². The Morgan fingerprint density at radius 3 is 2.76 bits per heavy atom. The van der Waals surface area contributed by atoms with Gasteiger partial charge in [0.15, 0.2) is 6.23 Å². The predicted molar refractivity (Wildman–Crippen MR) is 55.2 cm³/mol. The number of nitrogens with one attached hydrogen (secondary N) is 2. The van der Waals surface area contributed by atoms with E-state index < -0.39 is 42.3 Å². The van der Waals surface area contributed by atoms with Gasteiger partial charge in [0.2, 0.25) is 0 Å². The van der Waals surface area contributed by atoms with Gasteiger partial charge in [-0.1, -0.05) is 0 Å². The van der Waals surface area contributed by atoms with Crippen molar-refractivity contribution in [3.63, 3.8) is 0 Å². The number of aliphatic hydroxyl groups is 2. The molecule has 17 heavy (non-hydrogen) atoms. The van der Waals surface area contributed by atoms with Crippen LogP contribution in [0.5, 0.6) is 0 Å². The summed E-state index contributed by atoms with van der Waals surface area (Å²) in [5.74, 6) is 0. The van der Waals surface area contributed by atoms with E-state index in [9.17, 15) is 14.7 Å². The molecule has 1 aromatic heterocycles. The summed E-state index contributed by atoms with van der Waals surface area (Å²) in [5, 5.41) is 18.5. The zero-order valence-corrected chi connectivity index (χ0v) is 8.74. The maximum atomic E-state index is 11.5. The average Bonchev–Trinajstić information content (AvgIpc) is 2.57. The van der Waals surface area contributed by atoms with E-state index >= 15 is 0 Å². The molecule has 0 spiro atoms. The molecule has 8 nitrogen and oxygen atoms in total. The third-order valence-corrected chi connectivity index (χ3v) is 2.68. The summed E-state index contributed by atoms with van der Waals surface area (Å²) in [6, 6.07) is 0.0200. The van der Waals surface area contributed by atoms with Crippen molar-refractivity contribution in [2.45, 2.75) is 24.5 Å². The Kier molecular flexibility index (Phi) is 3.11. The number of aromatic nitrogens is 2. The van der Waals surface area contributed by atoms with Crippen LogP contribution in [0.25, 0.3) is 0 Å². The lowest BCUT2D eigenvalue weighted by atomic mass is 10.1. The minimum absolute atomic E-state index is 0.439. The highest BCUT2D eigenvalue weighted by Gasteiger charge is 2.42. The Morgan fingerprint density at radius 1 is 1.53 bits per heavy atom. The molecule has 0 aliphatic carbocycles. The first kappa shape index (κ1) is 12.0. The van der Waals surface area contributed by atoms with Crippen LogP contribution >= 0.6 is 0 Å². The SMILES string of the molecule is [NH][C@H]1[C@H](O)[C@@H](CO)O[C@H]1n1ccc(=O)[nH]c1=O. The maximum Gasteiger partial charge on any atom is 0.330 e. The van der Waals surface area contributed by atoms with Gasteiger partial charge in [-0.2, -0.15) is 0 Å². The summed E-state index contributed by atoms with van der Waals surface area (Å²) >= 11 is 0. The lowest BCUT2D eigenvalue weighted by Crippen LogP contribution is -2.38. The van der Waals surface area contributed by atoms with Crippen LogP contribution in [0.2, 0.25) is 0 Å². The van der Waals surface area contributed by atoms with Crippen LogP contribution in [0.4, 0.5) is 0 Å². The van der Waals surface area contributed by atoms with Crippen molar-refractivity contribution in [2.75, 3.05) is 6.61 Å². The zero-order chi connectivity index (χ0) is 12.6. The molecule has 2 heterocycles. The molecule has 1 aliphatic heterocycles. The monoisotopic (exact) mass is 242 g/mol. The third-order valence-electron chi connectivity index (χ3n) is 2.68. The first-order valence-corrected chi connectivity index (χ1v) is 5.01. The van der Waals surface area contributed by atoms with Crippen LogP contribution in [-0.4, -0.2) is 44.6 Å². The van der Waals surface area contributed by atoms with Gasteiger partial charge in [0.25, 0.3) is 5.56 Å². The Hall–Kier alpha value is -1.48. The van der Waals surface area contributed by atoms with Crippen molar-refractivity contribution < 1.29 is 14.9 Å². The number of rotatable bonds is 2. The second-order valence-corrected chi connectivity index (χ2v) is 3.78. The van der Waals surface area contributed by atoms with E-state index in [2.05, 4.69) is 0 Å². The van der Waals surface area contributed by atoms with Gasteiger partial charge < -0.3 is 14.9 Å². The molecule has 2 rings (SSSR count). The molecule has 0 bridgehead atoms. The summed E-state index contributed by atoms with van der Waals surface area (Å²) < 4.78 is 6.21. The highest BCUT2D eigenvalue weighted by molar-refractivity contribution is 4.94. The van der Waals surface area contributed by atoms with Gasteiger partial charge >= 0.3 is 5.69 Å². The number of ether oxygens (including phenoxy) is 1. The van der Waals surface area contributed by atoms with E-state index in [1.165, 1.54) is 6.20 Å². The number of H-pyrrole nitrogens is 1. The third kappa shape index (κ3) is 2.03. The molecule has 4 N–H and O–H groups in total. The Morgan fingerprint density at radius 2 is 2.24 bits per heavy atom. The summed E-state index contributed by atoms with van der Waals surface area (Å²) in [5.41, 5.74) is 6.41. The molecule has 0 aromatic carbocycles. The molecule has 1 aliphatic rings. The molecule has 8 heteroatoms.